The molecule has 0 aliphatic carbocycles. The SMILES string of the molecule is O=CN1CC2CCC(C1)N2CCO. The number of hydrogen-bond donors (Lipinski definition) is 1. The highest BCUT2D eigenvalue weighted by Gasteiger charge is 2.38. The molecule has 2 rings (SSSR count). The second-order valence-electron chi connectivity index (χ2n) is 3.91. The average molecular weight is 184 g/mol. The molecule has 4 nitrogen and oxygen atoms in total. The van der Waals surface area contributed by atoms with Gasteiger partial charge in [-0.05, 0) is 12.8 Å². The van der Waals surface area contributed by atoms with E-state index in [1.807, 2.05) is 4.90 Å². The van der Waals surface area contributed by atoms with E-state index in [-0.39, 0.29) is 6.61 Å². The number of nitrogens with zero attached hydrogens (tertiary/aromatic N) is 2. The minimum absolute atomic E-state index is 0.230. The van der Waals surface area contributed by atoms with E-state index in [9.17, 15) is 4.79 Å². The van der Waals surface area contributed by atoms with Crippen molar-refractivity contribution in [2.75, 3.05) is 26.2 Å². The predicted octanol–water partition coefficient (Wildman–Crippen LogP) is -0.716. The Labute approximate surface area is 78.1 Å². The maximum Gasteiger partial charge on any atom is 0.209 e. The zero-order chi connectivity index (χ0) is 9.26. The molecular weight excluding hydrogens is 168 g/mol. The van der Waals surface area contributed by atoms with Crippen molar-refractivity contribution in [3.8, 4) is 0 Å². The van der Waals surface area contributed by atoms with Crippen molar-refractivity contribution in [3.05, 3.63) is 0 Å². The third-order valence-electron chi connectivity index (χ3n) is 3.17. The van der Waals surface area contributed by atoms with Gasteiger partial charge >= 0.3 is 0 Å². The summed E-state index contributed by atoms with van der Waals surface area (Å²) in [6.07, 6.45) is 3.30. The van der Waals surface area contributed by atoms with E-state index in [1.165, 1.54) is 12.8 Å². The Morgan fingerprint density at radius 1 is 1.31 bits per heavy atom. The van der Waals surface area contributed by atoms with Crippen molar-refractivity contribution >= 4 is 6.41 Å². The van der Waals surface area contributed by atoms with Crippen LogP contribution in [0.2, 0.25) is 0 Å². The second kappa shape index (κ2) is 3.64. The smallest absolute Gasteiger partial charge is 0.209 e. The molecule has 4 heteroatoms. The lowest BCUT2D eigenvalue weighted by molar-refractivity contribution is -0.121. The van der Waals surface area contributed by atoms with Crippen molar-refractivity contribution in [2.24, 2.45) is 0 Å². The fraction of sp³-hybridized carbons (Fsp3) is 0.889. The minimum Gasteiger partial charge on any atom is -0.395 e. The largest absolute Gasteiger partial charge is 0.395 e. The monoisotopic (exact) mass is 184 g/mol. The fourth-order valence-electron chi connectivity index (χ4n) is 2.59. The lowest BCUT2D eigenvalue weighted by Crippen LogP contribution is -2.53. The number of piperazine rings is 1. The Morgan fingerprint density at radius 2 is 1.92 bits per heavy atom. The lowest BCUT2D eigenvalue weighted by Gasteiger charge is -2.39. The number of rotatable bonds is 3. The molecule has 2 aliphatic rings. The van der Waals surface area contributed by atoms with Gasteiger partial charge < -0.3 is 10.0 Å². The van der Waals surface area contributed by atoms with E-state index >= 15 is 0 Å². The zero-order valence-corrected chi connectivity index (χ0v) is 7.72. The first kappa shape index (κ1) is 8.97. The summed E-state index contributed by atoms with van der Waals surface area (Å²) in [6.45, 7) is 2.69. The van der Waals surface area contributed by atoms with Gasteiger partial charge in [0.25, 0.3) is 0 Å². The number of aliphatic hydroxyl groups excluding tert-OH is 1. The van der Waals surface area contributed by atoms with Crippen molar-refractivity contribution in [3.63, 3.8) is 0 Å². The minimum atomic E-state index is 0.230. The van der Waals surface area contributed by atoms with Gasteiger partial charge in [-0.15, -0.1) is 0 Å². The van der Waals surface area contributed by atoms with Crippen molar-refractivity contribution < 1.29 is 9.90 Å². The molecule has 13 heavy (non-hydrogen) atoms. The Bertz CT molecular complexity index is 184. The third kappa shape index (κ3) is 1.56. The van der Waals surface area contributed by atoms with Gasteiger partial charge in [0.15, 0.2) is 0 Å². The quantitative estimate of drug-likeness (QED) is 0.589. The Kier molecular flexibility index (Phi) is 2.51. The number of fused-ring (bicyclic) bond motifs is 2. The van der Waals surface area contributed by atoms with E-state index in [0.717, 1.165) is 26.0 Å². The number of hydrogen-bond acceptors (Lipinski definition) is 3. The van der Waals surface area contributed by atoms with Crippen molar-refractivity contribution in [2.45, 2.75) is 24.9 Å². The molecule has 0 aromatic rings. The predicted molar refractivity (Wildman–Crippen MR) is 48.2 cm³/mol. The van der Waals surface area contributed by atoms with Crippen molar-refractivity contribution in [1.29, 1.82) is 0 Å². The van der Waals surface area contributed by atoms with Gasteiger partial charge in [-0.1, -0.05) is 0 Å². The summed E-state index contributed by atoms with van der Waals surface area (Å²) < 4.78 is 0. The number of carbonyl (C=O) groups is 1. The Morgan fingerprint density at radius 3 is 2.38 bits per heavy atom. The summed E-state index contributed by atoms with van der Waals surface area (Å²) in [5, 5.41) is 8.88. The molecule has 2 heterocycles. The van der Waals surface area contributed by atoms with Gasteiger partial charge in [0.05, 0.1) is 6.61 Å². The molecule has 0 radical (unpaired) electrons. The fourth-order valence-corrected chi connectivity index (χ4v) is 2.59. The summed E-state index contributed by atoms with van der Waals surface area (Å²) >= 11 is 0. The maximum absolute atomic E-state index is 10.6. The van der Waals surface area contributed by atoms with E-state index < -0.39 is 0 Å². The number of amides is 1. The van der Waals surface area contributed by atoms with Crippen LogP contribution in [0.15, 0.2) is 0 Å². The first-order valence-corrected chi connectivity index (χ1v) is 4.91. The van der Waals surface area contributed by atoms with Crippen LogP contribution in [0.4, 0.5) is 0 Å². The number of likely N-dealkylation sites (tertiary alicyclic amines) is 1. The lowest BCUT2D eigenvalue weighted by atomic mass is 10.2. The topological polar surface area (TPSA) is 43.8 Å². The van der Waals surface area contributed by atoms with E-state index in [4.69, 9.17) is 5.11 Å². The molecule has 2 atom stereocenters. The molecule has 2 unspecified atom stereocenters. The normalized spacial score (nSPS) is 33.8. The average Bonchev–Trinajstić information content (AvgIpc) is 2.39. The molecule has 0 spiro atoms. The molecule has 0 saturated carbocycles. The number of carbonyl (C=O) groups excluding carboxylic acids is 1. The second-order valence-corrected chi connectivity index (χ2v) is 3.91. The highest BCUT2D eigenvalue weighted by molar-refractivity contribution is 5.47. The molecule has 1 N–H and O–H groups in total. The van der Waals surface area contributed by atoms with Crippen LogP contribution in [0, 0.1) is 0 Å². The molecule has 0 aromatic carbocycles. The van der Waals surface area contributed by atoms with Gasteiger partial charge in [-0.3, -0.25) is 9.69 Å². The van der Waals surface area contributed by atoms with Gasteiger partial charge in [0.1, 0.15) is 0 Å². The van der Waals surface area contributed by atoms with E-state index in [0.29, 0.717) is 12.1 Å². The standard InChI is InChI=1S/C9H16N2O2/c12-4-3-11-8-1-2-9(11)6-10(5-8)7-13/h7-9,12H,1-6H2. The molecule has 74 valence electrons. The summed E-state index contributed by atoms with van der Waals surface area (Å²) in [4.78, 5) is 14.8. The molecule has 2 bridgehead atoms. The third-order valence-corrected chi connectivity index (χ3v) is 3.17. The van der Waals surface area contributed by atoms with Crippen LogP contribution in [-0.4, -0.2) is 59.6 Å². The highest BCUT2D eigenvalue weighted by Crippen LogP contribution is 2.28. The van der Waals surface area contributed by atoms with Gasteiger partial charge in [0.2, 0.25) is 6.41 Å². The highest BCUT2D eigenvalue weighted by atomic mass is 16.3. The molecule has 2 saturated heterocycles. The molecule has 2 fully saturated rings. The van der Waals surface area contributed by atoms with Crippen LogP contribution in [0.5, 0.6) is 0 Å². The number of aliphatic hydroxyl groups is 1. The zero-order valence-electron chi connectivity index (χ0n) is 7.72. The van der Waals surface area contributed by atoms with Crippen LogP contribution < -0.4 is 0 Å². The van der Waals surface area contributed by atoms with E-state index in [1.54, 1.807) is 0 Å². The van der Waals surface area contributed by atoms with Crippen LogP contribution >= 0.6 is 0 Å². The maximum atomic E-state index is 10.6. The Hall–Kier alpha value is -0.610. The summed E-state index contributed by atoms with van der Waals surface area (Å²) in [5.74, 6) is 0. The van der Waals surface area contributed by atoms with E-state index in [2.05, 4.69) is 4.90 Å². The first-order valence-electron chi connectivity index (χ1n) is 4.91. The molecular formula is C9H16N2O2. The summed E-state index contributed by atoms with van der Waals surface area (Å²) in [7, 11) is 0. The summed E-state index contributed by atoms with van der Waals surface area (Å²) in [6, 6.07) is 0.993. The van der Waals surface area contributed by atoms with Crippen LogP contribution in [0.25, 0.3) is 0 Å². The van der Waals surface area contributed by atoms with Gasteiger partial charge in [-0.25, -0.2) is 0 Å². The van der Waals surface area contributed by atoms with Crippen LogP contribution in [0.1, 0.15) is 12.8 Å². The van der Waals surface area contributed by atoms with Gasteiger partial charge in [-0.2, -0.15) is 0 Å². The Balaban J connectivity index is 2.00. The van der Waals surface area contributed by atoms with Crippen LogP contribution in [0.3, 0.4) is 0 Å². The molecule has 1 amide bonds. The summed E-state index contributed by atoms with van der Waals surface area (Å²) in [5.41, 5.74) is 0. The molecule has 2 aliphatic heterocycles. The first-order chi connectivity index (χ1) is 6.35. The molecule has 0 aromatic heterocycles. The van der Waals surface area contributed by atoms with Crippen molar-refractivity contribution in [1.82, 2.24) is 9.80 Å². The van der Waals surface area contributed by atoms with Crippen LogP contribution in [-0.2, 0) is 4.79 Å². The van der Waals surface area contributed by atoms with Gasteiger partial charge in [0, 0.05) is 31.7 Å².